The zero-order chi connectivity index (χ0) is 16.9. The van der Waals surface area contributed by atoms with Gasteiger partial charge in [-0.3, -0.25) is 4.79 Å². The Morgan fingerprint density at radius 2 is 2.21 bits per heavy atom. The summed E-state index contributed by atoms with van der Waals surface area (Å²) < 4.78 is 7.31. The lowest BCUT2D eigenvalue weighted by Gasteiger charge is -2.26. The van der Waals surface area contributed by atoms with Gasteiger partial charge in [-0.1, -0.05) is 12.1 Å². The largest absolute Gasteiger partial charge is 0.378 e. The lowest BCUT2D eigenvalue weighted by Crippen LogP contribution is -2.30. The fourth-order valence-corrected chi connectivity index (χ4v) is 3.02. The van der Waals surface area contributed by atoms with Crippen LogP contribution < -0.4 is 0 Å². The minimum atomic E-state index is 0.0341. The minimum Gasteiger partial charge on any atom is -0.378 e. The summed E-state index contributed by atoms with van der Waals surface area (Å²) in [4.78, 5) is 18.2. The molecule has 2 aromatic rings. The molecule has 1 saturated heterocycles. The van der Waals surface area contributed by atoms with Crippen LogP contribution in [-0.4, -0.2) is 45.3 Å². The summed E-state index contributed by atoms with van der Waals surface area (Å²) in [5, 5.41) is 4.12. The first-order valence-corrected chi connectivity index (χ1v) is 8.47. The summed E-state index contributed by atoms with van der Waals surface area (Å²) in [6, 6.07) is 8.08. The summed E-state index contributed by atoms with van der Waals surface area (Å²) in [5.74, 6) is 0.165. The summed E-state index contributed by atoms with van der Waals surface area (Å²) >= 11 is 0. The molecule has 1 aliphatic rings. The van der Waals surface area contributed by atoms with E-state index in [-0.39, 0.29) is 18.1 Å². The van der Waals surface area contributed by atoms with E-state index in [0.717, 1.165) is 37.1 Å². The molecule has 1 aromatic heterocycles. The molecule has 6 nitrogen and oxygen atoms in total. The van der Waals surface area contributed by atoms with Crippen molar-refractivity contribution in [2.24, 2.45) is 0 Å². The van der Waals surface area contributed by atoms with E-state index in [1.165, 1.54) is 6.33 Å². The van der Waals surface area contributed by atoms with Gasteiger partial charge in [0.1, 0.15) is 12.7 Å². The van der Waals surface area contributed by atoms with Gasteiger partial charge < -0.3 is 9.64 Å². The predicted octanol–water partition coefficient (Wildman–Crippen LogP) is 2.75. The van der Waals surface area contributed by atoms with Crippen molar-refractivity contribution in [2.45, 2.75) is 44.8 Å². The number of benzene rings is 1. The van der Waals surface area contributed by atoms with Crippen molar-refractivity contribution in [1.82, 2.24) is 19.7 Å². The molecule has 24 heavy (non-hydrogen) atoms. The van der Waals surface area contributed by atoms with Crippen LogP contribution in [0.1, 0.15) is 44.2 Å². The monoisotopic (exact) mass is 328 g/mol. The van der Waals surface area contributed by atoms with E-state index in [4.69, 9.17) is 4.74 Å². The van der Waals surface area contributed by atoms with Crippen LogP contribution >= 0.6 is 0 Å². The lowest BCUT2D eigenvalue weighted by atomic mass is 10.1. The molecule has 0 spiro atoms. The summed E-state index contributed by atoms with van der Waals surface area (Å²) in [6.45, 7) is 2.89. The Labute approximate surface area is 142 Å². The second kappa shape index (κ2) is 7.57. The number of aromatic nitrogens is 3. The highest BCUT2D eigenvalue weighted by Gasteiger charge is 2.21. The number of rotatable bonds is 6. The number of hydrogen-bond donors (Lipinski definition) is 0. The van der Waals surface area contributed by atoms with Gasteiger partial charge in [-0.15, -0.1) is 0 Å². The first-order valence-electron chi connectivity index (χ1n) is 8.47. The Morgan fingerprint density at radius 3 is 2.83 bits per heavy atom. The zero-order valence-electron chi connectivity index (χ0n) is 14.3. The third-order valence-corrected chi connectivity index (χ3v) is 4.74. The molecule has 0 N–H and O–H groups in total. The maximum absolute atomic E-state index is 12.4. The Hall–Kier alpha value is -2.21. The summed E-state index contributed by atoms with van der Waals surface area (Å²) in [7, 11) is 1.87. The Morgan fingerprint density at radius 1 is 1.42 bits per heavy atom. The average Bonchev–Trinajstić information content (AvgIpc) is 3.32. The predicted molar refractivity (Wildman–Crippen MR) is 90.8 cm³/mol. The fourth-order valence-electron chi connectivity index (χ4n) is 3.02. The standard InChI is InChI=1S/C18H24N4O2/c1-14(21(2)18(23)10-9-17-4-3-11-24-17)15-5-7-16(8-6-15)22-13-19-12-20-22/h5-8,12-14,17H,3-4,9-11H2,1-2H3. The van der Waals surface area contributed by atoms with Gasteiger partial charge >= 0.3 is 0 Å². The highest BCUT2D eigenvalue weighted by Crippen LogP contribution is 2.22. The SMILES string of the molecule is CC(c1ccc(-n2cncn2)cc1)N(C)C(=O)CCC1CCCO1. The second-order valence-electron chi connectivity index (χ2n) is 6.29. The van der Waals surface area contributed by atoms with Crippen LogP contribution in [0, 0.1) is 0 Å². The molecular weight excluding hydrogens is 304 g/mol. The van der Waals surface area contributed by atoms with Crippen molar-refractivity contribution in [3.8, 4) is 5.69 Å². The highest BCUT2D eigenvalue weighted by atomic mass is 16.5. The zero-order valence-corrected chi connectivity index (χ0v) is 14.3. The van der Waals surface area contributed by atoms with Crippen molar-refractivity contribution in [3.63, 3.8) is 0 Å². The second-order valence-corrected chi connectivity index (χ2v) is 6.29. The molecule has 0 aliphatic carbocycles. The Bertz CT molecular complexity index is 648. The number of carbonyl (C=O) groups excluding carboxylic acids is 1. The van der Waals surface area contributed by atoms with Gasteiger partial charge in [0, 0.05) is 20.1 Å². The Kier molecular flexibility index (Phi) is 5.25. The van der Waals surface area contributed by atoms with E-state index in [1.807, 2.05) is 36.2 Å². The molecule has 2 atom stereocenters. The van der Waals surface area contributed by atoms with Gasteiger partial charge in [0.05, 0.1) is 17.8 Å². The topological polar surface area (TPSA) is 60.2 Å². The molecule has 1 aromatic carbocycles. The lowest BCUT2D eigenvalue weighted by molar-refractivity contribution is -0.132. The number of nitrogens with zero attached hydrogens (tertiary/aromatic N) is 4. The fraction of sp³-hybridized carbons (Fsp3) is 0.500. The minimum absolute atomic E-state index is 0.0341. The molecule has 1 amide bonds. The van der Waals surface area contributed by atoms with Crippen molar-refractivity contribution < 1.29 is 9.53 Å². The Balaban J connectivity index is 1.57. The van der Waals surface area contributed by atoms with Crippen molar-refractivity contribution in [3.05, 3.63) is 42.5 Å². The van der Waals surface area contributed by atoms with Crippen molar-refractivity contribution >= 4 is 5.91 Å². The molecule has 2 unspecified atom stereocenters. The van der Waals surface area contributed by atoms with Gasteiger partial charge in [0.15, 0.2) is 0 Å². The van der Waals surface area contributed by atoms with Crippen LogP contribution in [-0.2, 0) is 9.53 Å². The van der Waals surface area contributed by atoms with E-state index < -0.39 is 0 Å². The van der Waals surface area contributed by atoms with Gasteiger partial charge in [-0.05, 0) is 43.9 Å². The maximum atomic E-state index is 12.4. The van der Waals surface area contributed by atoms with Crippen LogP contribution in [0.15, 0.2) is 36.9 Å². The highest BCUT2D eigenvalue weighted by molar-refractivity contribution is 5.76. The summed E-state index contributed by atoms with van der Waals surface area (Å²) in [5.41, 5.74) is 2.06. The van der Waals surface area contributed by atoms with Gasteiger partial charge in [0.25, 0.3) is 0 Å². The van der Waals surface area contributed by atoms with Crippen LogP contribution in [0.5, 0.6) is 0 Å². The molecule has 2 heterocycles. The average molecular weight is 328 g/mol. The van der Waals surface area contributed by atoms with E-state index >= 15 is 0 Å². The molecule has 1 fully saturated rings. The third-order valence-electron chi connectivity index (χ3n) is 4.74. The van der Waals surface area contributed by atoms with Crippen LogP contribution in [0.3, 0.4) is 0 Å². The van der Waals surface area contributed by atoms with Crippen molar-refractivity contribution in [1.29, 1.82) is 0 Å². The molecule has 1 aliphatic heterocycles. The number of ether oxygens (including phenoxy) is 1. The van der Waals surface area contributed by atoms with Gasteiger partial charge in [-0.2, -0.15) is 5.10 Å². The van der Waals surface area contributed by atoms with Crippen molar-refractivity contribution in [2.75, 3.05) is 13.7 Å². The molecule has 0 radical (unpaired) electrons. The maximum Gasteiger partial charge on any atom is 0.222 e. The number of hydrogen-bond acceptors (Lipinski definition) is 4. The molecule has 6 heteroatoms. The first kappa shape index (κ1) is 16.6. The smallest absolute Gasteiger partial charge is 0.222 e. The quantitative estimate of drug-likeness (QED) is 0.818. The molecular formula is C18H24N4O2. The molecule has 0 saturated carbocycles. The van der Waals surface area contributed by atoms with Gasteiger partial charge in [-0.25, -0.2) is 9.67 Å². The van der Waals surface area contributed by atoms with E-state index in [9.17, 15) is 4.79 Å². The van der Waals surface area contributed by atoms with Crippen LogP contribution in [0.4, 0.5) is 0 Å². The molecule has 3 rings (SSSR count). The van der Waals surface area contributed by atoms with E-state index in [2.05, 4.69) is 17.0 Å². The van der Waals surface area contributed by atoms with E-state index in [1.54, 1.807) is 11.0 Å². The number of carbonyl (C=O) groups is 1. The van der Waals surface area contributed by atoms with Crippen LogP contribution in [0.25, 0.3) is 5.69 Å². The molecule has 128 valence electrons. The van der Waals surface area contributed by atoms with Crippen LogP contribution in [0.2, 0.25) is 0 Å². The normalized spacial score (nSPS) is 18.5. The summed E-state index contributed by atoms with van der Waals surface area (Å²) in [6.07, 6.45) is 7.00. The molecule has 0 bridgehead atoms. The third kappa shape index (κ3) is 3.82. The first-order chi connectivity index (χ1) is 11.6. The van der Waals surface area contributed by atoms with E-state index in [0.29, 0.717) is 6.42 Å². The van der Waals surface area contributed by atoms with Gasteiger partial charge in [0.2, 0.25) is 5.91 Å². The number of amides is 1.